The molecule has 4 fully saturated rings. The van der Waals surface area contributed by atoms with Gasteiger partial charge in [0.1, 0.15) is 23.6 Å². The fourth-order valence-corrected chi connectivity index (χ4v) is 14.8. The lowest BCUT2D eigenvalue weighted by Crippen LogP contribution is -2.62. The smallest absolute Gasteiger partial charge is 0.338 e. The Morgan fingerprint density at radius 3 is 2.26 bits per heavy atom. The van der Waals surface area contributed by atoms with Crippen molar-refractivity contribution in [2.75, 3.05) is 34.3 Å². The Bertz CT molecular complexity index is 2100. The van der Waals surface area contributed by atoms with E-state index < -0.39 is 124 Å². The number of carbonyl (C=O) groups is 4. The second-order valence-corrected chi connectivity index (χ2v) is 24.9. The number of unbranched alkanes of at least 4 members (excludes halogenated alkanes) is 1. The molecule has 2 saturated carbocycles. The molecule has 2 aliphatic heterocycles. The van der Waals surface area contributed by atoms with Crippen LogP contribution in [0.5, 0.6) is 0 Å². The molecule has 0 amide bonds. The summed E-state index contributed by atoms with van der Waals surface area (Å²) >= 11 is 0. The summed E-state index contributed by atoms with van der Waals surface area (Å²) in [5.74, 6) is -6.73. The fraction of sp³-hybridized carbons (Fsp3) is 0.857. The highest BCUT2D eigenvalue weighted by molar-refractivity contribution is 5.93. The van der Waals surface area contributed by atoms with Crippen molar-refractivity contribution in [1.29, 1.82) is 0 Å². The van der Waals surface area contributed by atoms with Gasteiger partial charge in [-0.05, 0) is 136 Å². The third kappa shape index (κ3) is 11.3. The standard InChI is InChI=1S/C56H91FN2O15/c1-15-42-55(11,68)47(64)34(7)59(14)28-29(2)26-54(10,67)48(32(5)45(63)33(6)49(65)72-42)74-50-46(40(58(12)13)23-31(4)71-50)73-43(62)18-16-17-21-70-51(66)56(69)30(3)22-37-36-25-39(57)38-24-35(60)19-20-52(38,8)44(36)41(61)27-53(37,56)9/h19-20,29-34,36-37,40-42,44-48,50,61,63-64,67-69H,15-18,21-28H2,1-14H3/t29-,30-,31-,32+,33-,34-,36?,37?,40-,41+,42-,44?,45+,46-,47-,48-,50+,52+,53+,54-,55-,56+/m1/s1. The van der Waals surface area contributed by atoms with E-state index in [0.717, 1.165) is 0 Å². The van der Waals surface area contributed by atoms with Crippen LogP contribution in [0.2, 0.25) is 0 Å². The molecule has 17 nitrogen and oxygen atoms in total. The van der Waals surface area contributed by atoms with Gasteiger partial charge in [-0.15, -0.1) is 0 Å². The highest BCUT2D eigenvalue weighted by Crippen LogP contribution is 2.68. The number of aliphatic hydroxyl groups excluding tert-OH is 3. The first-order chi connectivity index (χ1) is 34.3. The molecule has 0 aromatic heterocycles. The van der Waals surface area contributed by atoms with Gasteiger partial charge >= 0.3 is 17.9 Å². The number of halogens is 1. The van der Waals surface area contributed by atoms with Crippen LogP contribution >= 0.6 is 0 Å². The Balaban J connectivity index is 1.13. The molecule has 422 valence electrons. The quantitative estimate of drug-likeness (QED) is 0.0926. The molecule has 0 aromatic rings. The van der Waals surface area contributed by atoms with Crippen LogP contribution in [0, 0.1) is 52.3 Å². The number of esters is 3. The van der Waals surface area contributed by atoms with E-state index in [-0.39, 0.29) is 93.4 Å². The maximum absolute atomic E-state index is 15.9. The number of fused-ring (bicyclic) bond motifs is 5. The minimum atomic E-state index is -1.97. The SMILES string of the molecule is CC[C@H]1OC(=O)[C@H](C)[C@@H](O)[C@H](C)[C@@H](O[C@@H]2O[C@H](C)C[C@@H](N(C)C)[C@H]2OC(=O)CCCCOC(=O)[C@@]2(O)[C@H](C)CC3C4CC(F)=C5CC(=O)C=C[C@]5(C)C4[C@@H](O)C[C@@]32C)[C@](C)(O)C[C@@H](C)CN(C)[C@H](C)[C@@H](O)[C@]1(C)O. The van der Waals surface area contributed by atoms with E-state index in [0.29, 0.717) is 25.0 Å². The number of carbonyl (C=O) groups excluding carboxylic acids is 4. The van der Waals surface area contributed by atoms with E-state index in [1.54, 1.807) is 54.7 Å². The van der Waals surface area contributed by atoms with Crippen LogP contribution in [0.4, 0.5) is 4.39 Å². The summed E-state index contributed by atoms with van der Waals surface area (Å²) in [7, 11) is 5.49. The lowest BCUT2D eigenvalue weighted by atomic mass is 9.47. The molecule has 0 radical (unpaired) electrons. The van der Waals surface area contributed by atoms with E-state index in [1.165, 1.54) is 19.9 Å². The van der Waals surface area contributed by atoms with E-state index in [9.17, 15) is 49.8 Å². The topological polar surface area (TPSA) is 242 Å². The van der Waals surface area contributed by atoms with Crippen LogP contribution in [-0.4, -0.2) is 176 Å². The third-order valence-electron chi connectivity index (χ3n) is 19.1. The Hall–Kier alpha value is -2.91. The molecule has 18 heteroatoms. The predicted molar refractivity (Wildman–Crippen MR) is 271 cm³/mol. The first-order valence-corrected chi connectivity index (χ1v) is 27.3. The van der Waals surface area contributed by atoms with E-state index in [1.807, 2.05) is 44.7 Å². The molecule has 22 atom stereocenters. The van der Waals surface area contributed by atoms with Gasteiger partial charge in [0.15, 0.2) is 23.8 Å². The molecule has 6 rings (SSSR count). The van der Waals surface area contributed by atoms with Crippen molar-refractivity contribution in [3.05, 3.63) is 23.6 Å². The van der Waals surface area contributed by atoms with Crippen molar-refractivity contribution in [3.8, 4) is 0 Å². The minimum absolute atomic E-state index is 0.0205. The van der Waals surface area contributed by atoms with E-state index in [2.05, 4.69) is 0 Å². The van der Waals surface area contributed by atoms with Gasteiger partial charge in [-0.1, -0.05) is 47.6 Å². The lowest BCUT2D eigenvalue weighted by molar-refractivity contribution is -0.301. The largest absolute Gasteiger partial charge is 0.464 e. The number of aliphatic hydroxyl groups is 6. The molecule has 0 bridgehead atoms. The number of hydrogen-bond donors (Lipinski definition) is 6. The predicted octanol–water partition coefficient (Wildman–Crippen LogP) is 4.79. The van der Waals surface area contributed by atoms with Crippen LogP contribution in [0.3, 0.4) is 0 Å². The van der Waals surface area contributed by atoms with Crippen LogP contribution < -0.4 is 0 Å². The van der Waals surface area contributed by atoms with Gasteiger partial charge in [-0.25, -0.2) is 9.18 Å². The molecule has 6 N–H and O–H groups in total. The zero-order valence-electron chi connectivity index (χ0n) is 46.6. The number of nitrogens with zero attached hydrogens (tertiary/aromatic N) is 2. The van der Waals surface area contributed by atoms with Gasteiger partial charge in [-0.2, -0.15) is 0 Å². The van der Waals surface area contributed by atoms with Crippen molar-refractivity contribution in [2.24, 2.45) is 52.3 Å². The van der Waals surface area contributed by atoms with Crippen LogP contribution in [0.25, 0.3) is 0 Å². The van der Waals surface area contributed by atoms with Crippen molar-refractivity contribution >= 4 is 23.7 Å². The van der Waals surface area contributed by atoms with Crippen molar-refractivity contribution in [1.82, 2.24) is 9.80 Å². The molecule has 0 aromatic carbocycles. The maximum Gasteiger partial charge on any atom is 0.338 e. The van der Waals surface area contributed by atoms with E-state index in [4.69, 9.17) is 23.7 Å². The Morgan fingerprint density at radius 1 is 0.959 bits per heavy atom. The number of rotatable bonds is 11. The highest BCUT2D eigenvalue weighted by atomic mass is 19.1. The van der Waals surface area contributed by atoms with Crippen LogP contribution in [0.1, 0.15) is 140 Å². The molecule has 4 aliphatic carbocycles. The third-order valence-corrected chi connectivity index (χ3v) is 19.1. The molecule has 2 heterocycles. The van der Waals surface area contributed by atoms with Crippen LogP contribution in [0.15, 0.2) is 23.6 Å². The molecular weight excluding hydrogens is 960 g/mol. The second kappa shape index (κ2) is 22.8. The van der Waals surface area contributed by atoms with Gasteiger partial charge in [-0.3, -0.25) is 14.4 Å². The van der Waals surface area contributed by atoms with Crippen LogP contribution in [-0.2, 0) is 42.9 Å². The van der Waals surface area contributed by atoms with Gasteiger partial charge < -0.3 is 64.1 Å². The molecule has 74 heavy (non-hydrogen) atoms. The molecular formula is C56H91FN2O15. The zero-order chi connectivity index (χ0) is 55.4. The average Bonchev–Trinajstić information content (AvgIpc) is 3.52. The summed E-state index contributed by atoms with van der Waals surface area (Å²) in [5, 5.41) is 71.7. The fourth-order valence-electron chi connectivity index (χ4n) is 14.8. The highest BCUT2D eigenvalue weighted by Gasteiger charge is 2.72. The maximum atomic E-state index is 15.9. The second-order valence-electron chi connectivity index (χ2n) is 24.9. The monoisotopic (exact) mass is 1050 g/mol. The molecule has 2 saturated heterocycles. The summed E-state index contributed by atoms with van der Waals surface area (Å²) in [4.78, 5) is 57.7. The summed E-state index contributed by atoms with van der Waals surface area (Å²) in [6.45, 7) is 19.2. The number of ether oxygens (including phenoxy) is 5. The average molecular weight is 1050 g/mol. The van der Waals surface area contributed by atoms with Gasteiger partial charge in [0.05, 0.1) is 48.6 Å². The Morgan fingerprint density at radius 2 is 1.62 bits per heavy atom. The lowest BCUT2D eigenvalue weighted by Gasteiger charge is -2.58. The summed E-state index contributed by atoms with van der Waals surface area (Å²) < 4.78 is 46.9. The number of hydrogen-bond acceptors (Lipinski definition) is 17. The first kappa shape index (κ1) is 60.3. The number of allylic oxidation sites excluding steroid dienone is 4. The summed E-state index contributed by atoms with van der Waals surface area (Å²) in [6.07, 6.45) is -3.77. The first-order valence-electron chi connectivity index (χ1n) is 27.3. The Labute approximate surface area is 438 Å². The normalized spacial score (nSPS) is 46.7. The van der Waals surface area contributed by atoms with Crippen molar-refractivity contribution < 1.29 is 77.9 Å². The van der Waals surface area contributed by atoms with Gasteiger partial charge in [0.25, 0.3) is 0 Å². The molecule has 0 spiro atoms. The molecule has 3 unspecified atom stereocenters. The van der Waals surface area contributed by atoms with E-state index >= 15 is 4.39 Å². The summed E-state index contributed by atoms with van der Waals surface area (Å²) in [6, 6.07) is -0.996. The molecule has 6 aliphatic rings. The number of likely N-dealkylation sites (N-methyl/N-ethyl adjacent to an activating group) is 2. The van der Waals surface area contributed by atoms with Gasteiger partial charge in [0, 0.05) is 54.5 Å². The summed E-state index contributed by atoms with van der Waals surface area (Å²) in [5.41, 5.74) is -7.06. The Kier molecular flexibility index (Phi) is 18.6. The van der Waals surface area contributed by atoms with Crippen molar-refractivity contribution in [2.45, 2.75) is 218 Å². The van der Waals surface area contributed by atoms with Crippen molar-refractivity contribution in [3.63, 3.8) is 0 Å². The number of cyclic esters (lactones) is 1. The number of ketones is 1. The van der Waals surface area contributed by atoms with Gasteiger partial charge in [0.2, 0.25) is 0 Å². The zero-order valence-corrected chi connectivity index (χ0v) is 46.6. The minimum Gasteiger partial charge on any atom is -0.464 e.